The first-order valence-electron chi connectivity index (χ1n) is 3.28. The van der Waals surface area contributed by atoms with Crippen molar-refractivity contribution in [3.8, 4) is 0 Å². The highest BCUT2D eigenvalue weighted by atomic mass is 16.5. The molecule has 0 radical (unpaired) electrons. The van der Waals surface area contributed by atoms with Gasteiger partial charge >= 0.3 is 5.97 Å². The average molecular weight is 147 g/mol. The van der Waals surface area contributed by atoms with Crippen molar-refractivity contribution in [2.75, 3.05) is 6.61 Å². The van der Waals surface area contributed by atoms with Gasteiger partial charge in [0.1, 0.15) is 0 Å². The number of aliphatic hydroxyl groups excluding tert-OH is 1. The van der Waals surface area contributed by atoms with Crippen LogP contribution in [0.3, 0.4) is 0 Å². The molecular weight excluding hydrogens is 134 g/mol. The second kappa shape index (κ2) is 5.20. The van der Waals surface area contributed by atoms with E-state index in [0.29, 0.717) is 6.61 Å². The summed E-state index contributed by atoms with van der Waals surface area (Å²) in [6.07, 6.45) is 0.267. The Bertz CT molecular complexity index is 103. The van der Waals surface area contributed by atoms with E-state index in [4.69, 9.17) is 10.8 Å². The summed E-state index contributed by atoms with van der Waals surface area (Å²) in [5.74, 6) is -0.756. The number of nitrogens with two attached hydrogens (primary N) is 1. The fraction of sp³-hybridized carbons (Fsp3) is 0.833. The van der Waals surface area contributed by atoms with Crippen LogP contribution in [0.5, 0.6) is 0 Å². The van der Waals surface area contributed by atoms with Crippen molar-refractivity contribution >= 4 is 5.97 Å². The zero-order valence-electron chi connectivity index (χ0n) is 6.04. The highest BCUT2D eigenvalue weighted by Crippen LogP contribution is 1.89. The lowest BCUT2D eigenvalue weighted by molar-refractivity contribution is -0.153. The van der Waals surface area contributed by atoms with E-state index >= 15 is 0 Å². The van der Waals surface area contributed by atoms with Gasteiger partial charge in [-0.25, -0.2) is 4.79 Å². The van der Waals surface area contributed by atoms with Gasteiger partial charge in [0.05, 0.1) is 6.61 Å². The van der Waals surface area contributed by atoms with Crippen LogP contribution in [0.4, 0.5) is 0 Å². The predicted octanol–water partition coefficient (Wildman–Crippen LogP) is -0.393. The van der Waals surface area contributed by atoms with Crippen LogP contribution in [0.25, 0.3) is 0 Å². The van der Waals surface area contributed by atoms with Crippen LogP contribution in [-0.4, -0.2) is 23.9 Å². The standard InChI is InChI=1S/C6H13NO3/c1-2-3-4-10-6(9)5(7)8/h5,8H,2-4,7H2,1H3. The van der Waals surface area contributed by atoms with Crippen LogP contribution in [0.15, 0.2) is 0 Å². The van der Waals surface area contributed by atoms with Gasteiger partial charge in [-0.05, 0) is 6.42 Å². The third-order valence-corrected chi connectivity index (χ3v) is 0.984. The van der Waals surface area contributed by atoms with E-state index < -0.39 is 12.2 Å². The maximum Gasteiger partial charge on any atom is 0.350 e. The highest BCUT2D eigenvalue weighted by Gasteiger charge is 2.08. The summed E-state index contributed by atoms with van der Waals surface area (Å²) in [4.78, 5) is 10.4. The van der Waals surface area contributed by atoms with Crippen LogP contribution < -0.4 is 5.73 Å². The summed E-state index contributed by atoms with van der Waals surface area (Å²) < 4.78 is 4.53. The summed E-state index contributed by atoms with van der Waals surface area (Å²) >= 11 is 0. The van der Waals surface area contributed by atoms with Gasteiger partial charge in [-0.1, -0.05) is 13.3 Å². The molecule has 0 aliphatic carbocycles. The highest BCUT2D eigenvalue weighted by molar-refractivity contribution is 5.73. The van der Waals surface area contributed by atoms with Gasteiger partial charge in [-0.15, -0.1) is 0 Å². The van der Waals surface area contributed by atoms with Gasteiger partial charge < -0.3 is 9.84 Å². The Kier molecular flexibility index (Phi) is 4.88. The molecular formula is C6H13NO3. The number of carbonyl (C=O) groups is 1. The first-order chi connectivity index (χ1) is 4.68. The predicted molar refractivity (Wildman–Crippen MR) is 36.1 cm³/mol. The Hall–Kier alpha value is -0.610. The molecule has 60 valence electrons. The summed E-state index contributed by atoms with van der Waals surface area (Å²) in [6, 6.07) is 0. The summed E-state index contributed by atoms with van der Waals surface area (Å²) in [5.41, 5.74) is 4.80. The van der Waals surface area contributed by atoms with Crippen molar-refractivity contribution < 1.29 is 14.6 Å². The Morgan fingerprint density at radius 3 is 2.80 bits per heavy atom. The van der Waals surface area contributed by atoms with Crippen LogP contribution in [0, 0.1) is 0 Å². The summed E-state index contributed by atoms with van der Waals surface area (Å²) in [7, 11) is 0. The maximum absolute atomic E-state index is 10.4. The van der Waals surface area contributed by atoms with Crippen molar-refractivity contribution in [1.82, 2.24) is 0 Å². The third-order valence-electron chi connectivity index (χ3n) is 0.984. The minimum atomic E-state index is -1.49. The van der Waals surface area contributed by atoms with Crippen molar-refractivity contribution in [2.24, 2.45) is 5.73 Å². The van der Waals surface area contributed by atoms with Gasteiger partial charge in [-0.2, -0.15) is 0 Å². The molecule has 0 aliphatic heterocycles. The molecule has 3 N–H and O–H groups in total. The number of carbonyl (C=O) groups excluding carboxylic acids is 1. The molecule has 4 nitrogen and oxygen atoms in total. The zero-order chi connectivity index (χ0) is 7.98. The SMILES string of the molecule is CCCCOC(=O)C(N)O. The molecule has 0 rings (SSSR count). The van der Waals surface area contributed by atoms with Gasteiger partial charge in [0.15, 0.2) is 0 Å². The number of hydrogen-bond donors (Lipinski definition) is 2. The van der Waals surface area contributed by atoms with Crippen LogP contribution in [-0.2, 0) is 9.53 Å². The number of esters is 1. The Morgan fingerprint density at radius 2 is 2.40 bits per heavy atom. The lowest BCUT2D eigenvalue weighted by Crippen LogP contribution is -2.31. The van der Waals surface area contributed by atoms with E-state index in [1.165, 1.54) is 0 Å². The second-order valence-corrected chi connectivity index (χ2v) is 1.97. The first kappa shape index (κ1) is 9.39. The van der Waals surface area contributed by atoms with Gasteiger partial charge in [0, 0.05) is 0 Å². The quantitative estimate of drug-likeness (QED) is 0.322. The van der Waals surface area contributed by atoms with E-state index in [1.807, 2.05) is 6.92 Å². The molecule has 0 spiro atoms. The fourth-order valence-corrected chi connectivity index (χ4v) is 0.402. The van der Waals surface area contributed by atoms with Crippen molar-refractivity contribution in [2.45, 2.75) is 26.0 Å². The number of hydrogen-bond acceptors (Lipinski definition) is 4. The minimum absolute atomic E-state index is 0.337. The van der Waals surface area contributed by atoms with E-state index in [1.54, 1.807) is 0 Å². The number of rotatable bonds is 4. The molecule has 0 heterocycles. The average Bonchev–Trinajstić information content (AvgIpc) is 1.88. The molecule has 0 saturated carbocycles. The molecule has 0 aromatic heterocycles. The summed E-state index contributed by atoms with van der Waals surface area (Å²) in [6.45, 7) is 2.32. The third kappa shape index (κ3) is 4.29. The van der Waals surface area contributed by atoms with E-state index in [9.17, 15) is 4.79 Å². The number of aliphatic hydroxyl groups is 1. The van der Waals surface area contributed by atoms with E-state index in [0.717, 1.165) is 12.8 Å². The molecule has 0 aliphatic rings. The molecule has 0 aromatic carbocycles. The first-order valence-corrected chi connectivity index (χ1v) is 3.28. The Morgan fingerprint density at radius 1 is 1.80 bits per heavy atom. The molecule has 0 amide bonds. The fourth-order valence-electron chi connectivity index (χ4n) is 0.402. The summed E-state index contributed by atoms with van der Waals surface area (Å²) in [5, 5.41) is 8.42. The molecule has 4 heteroatoms. The number of ether oxygens (including phenoxy) is 1. The molecule has 1 atom stereocenters. The van der Waals surface area contributed by atoms with E-state index in [2.05, 4.69) is 4.74 Å². The minimum Gasteiger partial charge on any atom is -0.463 e. The maximum atomic E-state index is 10.4. The lowest BCUT2D eigenvalue weighted by atomic mass is 10.4. The lowest BCUT2D eigenvalue weighted by Gasteiger charge is -2.04. The second-order valence-electron chi connectivity index (χ2n) is 1.97. The van der Waals surface area contributed by atoms with Gasteiger partial charge in [0.2, 0.25) is 6.23 Å². The van der Waals surface area contributed by atoms with Crippen molar-refractivity contribution in [1.29, 1.82) is 0 Å². The topological polar surface area (TPSA) is 72.5 Å². The molecule has 0 aromatic rings. The van der Waals surface area contributed by atoms with Crippen LogP contribution >= 0.6 is 0 Å². The molecule has 0 fully saturated rings. The van der Waals surface area contributed by atoms with Crippen molar-refractivity contribution in [3.05, 3.63) is 0 Å². The zero-order valence-corrected chi connectivity index (χ0v) is 6.04. The normalized spacial score (nSPS) is 12.7. The molecule has 0 bridgehead atoms. The smallest absolute Gasteiger partial charge is 0.350 e. The number of unbranched alkanes of at least 4 members (excludes halogenated alkanes) is 1. The molecule has 0 saturated heterocycles. The monoisotopic (exact) mass is 147 g/mol. The molecule has 10 heavy (non-hydrogen) atoms. The van der Waals surface area contributed by atoms with Crippen molar-refractivity contribution in [3.63, 3.8) is 0 Å². The largest absolute Gasteiger partial charge is 0.463 e. The van der Waals surface area contributed by atoms with Crippen LogP contribution in [0.2, 0.25) is 0 Å². The van der Waals surface area contributed by atoms with Gasteiger partial charge in [0.25, 0.3) is 0 Å². The Balaban J connectivity index is 3.22. The van der Waals surface area contributed by atoms with E-state index in [-0.39, 0.29) is 0 Å². The Labute approximate surface area is 60.0 Å². The van der Waals surface area contributed by atoms with Crippen LogP contribution in [0.1, 0.15) is 19.8 Å². The van der Waals surface area contributed by atoms with Gasteiger partial charge in [-0.3, -0.25) is 5.73 Å². The molecule has 1 unspecified atom stereocenters.